The minimum absolute atomic E-state index is 0.0532. The second-order valence-electron chi connectivity index (χ2n) is 1.80. The maximum atomic E-state index is 10.1. The van der Waals surface area contributed by atoms with E-state index in [0.29, 0.717) is 13.0 Å². The predicted octanol–water partition coefficient (Wildman–Crippen LogP) is -0.166. The summed E-state index contributed by atoms with van der Waals surface area (Å²) >= 11 is 0. The van der Waals surface area contributed by atoms with Gasteiger partial charge in [-0.2, -0.15) is 0 Å². The molecule has 0 fully saturated rings. The fraction of sp³-hybridized carbons (Fsp3) is 0.400. The lowest BCUT2D eigenvalue weighted by Crippen LogP contribution is -2.15. The average Bonchev–Trinajstić information content (AvgIpc) is 2.13. The lowest BCUT2D eigenvalue weighted by molar-refractivity contribution is -0.133. The van der Waals surface area contributed by atoms with E-state index in [1.165, 1.54) is 0 Å². The second-order valence-corrected chi connectivity index (χ2v) is 1.80. The Bertz CT molecular complexity index is 173. The molecular weight excluding hydrogens is 122 g/mol. The molecule has 0 amide bonds. The normalized spacial score (nSPS) is 17.8. The molecule has 0 radical (unpaired) electrons. The largest absolute Gasteiger partial charge is 0.510 e. The number of nitrogens with one attached hydrogen (secondary N) is 1. The molecule has 0 bridgehead atoms. The van der Waals surface area contributed by atoms with Crippen molar-refractivity contribution in [3.63, 3.8) is 0 Å². The van der Waals surface area contributed by atoms with Crippen LogP contribution in [0.25, 0.3) is 0 Å². The molecule has 50 valence electrons. The van der Waals surface area contributed by atoms with Crippen LogP contribution in [0.5, 0.6) is 0 Å². The third-order valence-corrected chi connectivity index (χ3v) is 1.17. The molecule has 4 heteroatoms. The first-order valence-corrected chi connectivity index (χ1v) is 2.61. The Labute approximate surface area is 51.8 Å². The smallest absolute Gasteiger partial charge is 0.355 e. The number of hydrogen-bond acceptors (Lipinski definition) is 3. The van der Waals surface area contributed by atoms with Crippen molar-refractivity contribution in [3.05, 3.63) is 11.5 Å². The van der Waals surface area contributed by atoms with Crippen LogP contribution in [0.4, 0.5) is 0 Å². The fourth-order valence-electron chi connectivity index (χ4n) is 0.732. The zero-order chi connectivity index (χ0) is 6.85. The molecule has 0 aromatic carbocycles. The van der Waals surface area contributed by atoms with Crippen molar-refractivity contribution in [3.8, 4) is 0 Å². The van der Waals surface area contributed by atoms with Crippen molar-refractivity contribution in [2.45, 2.75) is 6.42 Å². The molecule has 1 aliphatic rings. The highest BCUT2D eigenvalue weighted by Gasteiger charge is 2.18. The van der Waals surface area contributed by atoms with Gasteiger partial charge >= 0.3 is 5.97 Å². The summed E-state index contributed by atoms with van der Waals surface area (Å²) in [6.07, 6.45) is 0.418. The number of carbonyl (C=O) groups is 1. The summed E-state index contributed by atoms with van der Waals surface area (Å²) in [4.78, 5) is 10.1. The van der Waals surface area contributed by atoms with E-state index in [-0.39, 0.29) is 11.5 Å². The Hall–Kier alpha value is -1.19. The SMILES string of the molecule is O=C(O)C1=C(O)CCN1. The molecule has 1 heterocycles. The van der Waals surface area contributed by atoms with Gasteiger partial charge in [0, 0.05) is 13.0 Å². The van der Waals surface area contributed by atoms with Crippen LogP contribution >= 0.6 is 0 Å². The summed E-state index contributed by atoms with van der Waals surface area (Å²) in [5.41, 5.74) is -0.0602. The lowest BCUT2D eigenvalue weighted by Gasteiger charge is -1.93. The maximum Gasteiger partial charge on any atom is 0.355 e. The molecule has 0 saturated heterocycles. The van der Waals surface area contributed by atoms with Gasteiger partial charge in [0.25, 0.3) is 0 Å². The fourth-order valence-corrected chi connectivity index (χ4v) is 0.732. The number of aliphatic carboxylic acids is 1. The highest BCUT2D eigenvalue weighted by atomic mass is 16.4. The Morgan fingerprint density at radius 3 is 2.56 bits per heavy atom. The van der Waals surface area contributed by atoms with Gasteiger partial charge in [-0.25, -0.2) is 4.79 Å². The van der Waals surface area contributed by atoms with Crippen LogP contribution < -0.4 is 5.32 Å². The lowest BCUT2D eigenvalue weighted by atomic mass is 10.3. The van der Waals surface area contributed by atoms with Crippen LogP contribution in [0.15, 0.2) is 11.5 Å². The predicted molar refractivity (Wildman–Crippen MR) is 29.9 cm³/mol. The summed E-state index contributed by atoms with van der Waals surface area (Å²) in [5.74, 6) is -1.15. The van der Waals surface area contributed by atoms with Crippen molar-refractivity contribution in [1.82, 2.24) is 5.32 Å². The van der Waals surface area contributed by atoms with E-state index >= 15 is 0 Å². The molecule has 4 nitrogen and oxygen atoms in total. The van der Waals surface area contributed by atoms with E-state index in [2.05, 4.69) is 5.32 Å². The van der Waals surface area contributed by atoms with Gasteiger partial charge in [-0.05, 0) is 0 Å². The molecule has 0 aromatic heterocycles. The number of hydrogen-bond donors (Lipinski definition) is 3. The topological polar surface area (TPSA) is 69.6 Å². The molecule has 0 spiro atoms. The van der Waals surface area contributed by atoms with Crippen LogP contribution in [0.3, 0.4) is 0 Å². The van der Waals surface area contributed by atoms with Crippen LogP contribution in [-0.4, -0.2) is 22.7 Å². The maximum absolute atomic E-state index is 10.1. The molecular formula is C5H7NO3. The van der Waals surface area contributed by atoms with Gasteiger partial charge in [0.2, 0.25) is 0 Å². The molecule has 0 unspecified atom stereocenters. The highest BCUT2D eigenvalue weighted by Crippen LogP contribution is 2.08. The van der Waals surface area contributed by atoms with E-state index in [1.54, 1.807) is 0 Å². The van der Waals surface area contributed by atoms with Crippen molar-refractivity contribution < 1.29 is 15.0 Å². The van der Waals surface area contributed by atoms with E-state index in [1.807, 2.05) is 0 Å². The van der Waals surface area contributed by atoms with Gasteiger partial charge in [-0.3, -0.25) is 0 Å². The summed E-state index contributed by atoms with van der Waals surface area (Å²) in [6.45, 7) is 0.521. The molecule has 1 rings (SSSR count). The van der Waals surface area contributed by atoms with Gasteiger partial charge in [0.05, 0.1) is 0 Å². The molecule has 0 atom stereocenters. The van der Waals surface area contributed by atoms with Crippen LogP contribution in [0.2, 0.25) is 0 Å². The minimum Gasteiger partial charge on any atom is -0.510 e. The number of aliphatic hydroxyl groups is 1. The van der Waals surface area contributed by atoms with Gasteiger partial charge in [-0.15, -0.1) is 0 Å². The Balaban J connectivity index is 2.78. The standard InChI is InChI=1S/C5H7NO3/c7-3-1-2-6-4(3)5(8)9/h6-7H,1-2H2,(H,8,9). The summed E-state index contributed by atoms with van der Waals surface area (Å²) in [7, 11) is 0. The Kier molecular flexibility index (Phi) is 1.30. The van der Waals surface area contributed by atoms with E-state index < -0.39 is 5.97 Å². The summed E-state index contributed by atoms with van der Waals surface area (Å²) in [5, 5.41) is 19.6. The van der Waals surface area contributed by atoms with Gasteiger partial charge in [0.15, 0.2) is 5.70 Å². The molecule has 3 N–H and O–H groups in total. The Morgan fingerprint density at radius 1 is 1.67 bits per heavy atom. The monoisotopic (exact) mass is 129 g/mol. The van der Waals surface area contributed by atoms with Crippen molar-refractivity contribution in [2.75, 3.05) is 6.54 Å². The quantitative estimate of drug-likeness (QED) is 0.460. The van der Waals surface area contributed by atoms with E-state index in [9.17, 15) is 4.79 Å². The van der Waals surface area contributed by atoms with Crippen molar-refractivity contribution >= 4 is 5.97 Å². The van der Waals surface area contributed by atoms with E-state index in [0.717, 1.165) is 0 Å². The molecule has 0 saturated carbocycles. The summed E-state index contributed by atoms with van der Waals surface area (Å²) in [6, 6.07) is 0. The molecule has 0 aromatic rings. The zero-order valence-electron chi connectivity index (χ0n) is 4.72. The minimum atomic E-state index is -1.09. The van der Waals surface area contributed by atoms with E-state index in [4.69, 9.17) is 10.2 Å². The Morgan fingerprint density at radius 2 is 2.33 bits per heavy atom. The van der Waals surface area contributed by atoms with Crippen LogP contribution in [-0.2, 0) is 4.79 Å². The molecule has 0 aliphatic carbocycles. The number of carboxylic acid groups (broad SMARTS) is 1. The first-order valence-electron chi connectivity index (χ1n) is 2.61. The number of aliphatic hydroxyl groups excluding tert-OH is 1. The highest BCUT2D eigenvalue weighted by molar-refractivity contribution is 5.86. The molecule has 1 aliphatic heterocycles. The zero-order valence-corrected chi connectivity index (χ0v) is 4.72. The van der Waals surface area contributed by atoms with Crippen molar-refractivity contribution in [2.24, 2.45) is 0 Å². The molecule has 9 heavy (non-hydrogen) atoms. The third kappa shape index (κ3) is 0.960. The van der Waals surface area contributed by atoms with Gasteiger partial charge in [-0.1, -0.05) is 0 Å². The van der Waals surface area contributed by atoms with Crippen LogP contribution in [0.1, 0.15) is 6.42 Å². The average molecular weight is 129 g/mol. The third-order valence-electron chi connectivity index (χ3n) is 1.17. The first-order chi connectivity index (χ1) is 4.22. The number of rotatable bonds is 1. The summed E-state index contributed by atoms with van der Waals surface area (Å²) < 4.78 is 0. The van der Waals surface area contributed by atoms with Crippen LogP contribution in [0, 0.1) is 0 Å². The van der Waals surface area contributed by atoms with Crippen molar-refractivity contribution in [1.29, 1.82) is 0 Å². The number of carboxylic acids is 1. The first kappa shape index (κ1) is 5.94. The second kappa shape index (κ2) is 1.97. The van der Waals surface area contributed by atoms with Gasteiger partial charge in [0.1, 0.15) is 5.76 Å². The van der Waals surface area contributed by atoms with Gasteiger partial charge < -0.3 is 15.5 Å².